The zero-order chi connectivity index (χ0) is 14.3. The number of carboxylic acids is 1. The Hall–Kier alpha value is -1.11. The Labute approximate surface area is 110 Å². The number of nitrogens with one attached hydrogen (secondary N) is 1. The van der Waals surface area contributed by atoms with Crippen molar-refractivity contribution in [3.8, 4) is 0 Å². The van der Waals surface area contributed by atoms with Gasteiger partial charge in [0.2, 0.25) is 0 Å². The summed E-state index contributed by atoms with van der Waals surface area (Å²) < 4.78 is 11.1. The third-order valence-electron chi connectivity index (χ3n) is 2.58. The lowest BCUT2D eigenvalue weighted by Gasteiger charge is -2.25. The fourth-order valence-corrected chi connectivity index (χ4v) is 1.73. The number of carbonyl (C=O) groups is 2. The maximum absolute atomic E-state index is 11.7. The van der Waals surface area contributed by atoms with E-state index in [1.165, 1.54) is 4.90 Å². The first-order chi connectivity index (χ1) is 8.25. The fourth-order valence-electron chi connectivity index (χ4n) is 1.28. The molecule has 0 aliphatic heterocycles. The second-order valence-electron chi connectivity index (χ2n) is 4.45. The van der Waals surface area contributed by atoms with Gasteiger partial charge in [-0.05, 0) is 20.3 Å². The van der Waals surface area contributed by atoms with Crippen LogP contribution in [0.15, 0.2) is 0 Å². The van der Waals surface area contributed by atoms with Crippen molar-refractivity contribution >= 4 is 22.8 Å². The summed E-state index contributed by atoms with van der Waals surface area (Å²) in [4.78, 5) is 23.6. The summed E-state index contributed by atoms with van der Waals surface area (Å²) in [5.74, 6) is -1.04. The zero-order valence-electron chi connectivity index (χ0n) is 11.3. The van der Waals surface area contributed by atoms with E-state index < -0.39 is 22.8 Å². The van der Waals surface area contributed by atoms with Crippen LogP contribution in [0.25, 0.3) is 0 Å². The van der Waals surface area contributed by atoms with Gasteiger partial charge in [0.1, 0.15) is 6.54 Å². The first-order valence-corrected chi connectivity index (χ1v) is 7.46. The van der Waals surface area contributed by atoms with Gasteiger partial charge in [-0.25, -0.2) is 4.79 Å². The normalized spacial score (nSPS) is 14.1. The van der Waals surface area contributed by atoms with Gasteiger partial charge in [-0.1, -0.05) is 6.92 Å². The highest BCUT2D eigenvalue weighted by atomic mass is 32.2. The van der Waals surface area contributed by atoms with E-state index in [0.29, 0.717) is 13.0 Å². The van der Waals surface area contributed by atoms with Crippen molar-refractivity contribution in [2.45, 2.75) is 38.5 Å². The predicted octanol–water partition coefficient (Wildman–Crippen LogP) is 0.648. The molecule has 0 aliphatic rings. The first kappa shape index (κ1) is 16.9. The molecule has 2 amide bonds. The molecule has 0 radical (unpaired) electrons. The van der Waals surface area contributed by atoms with Crippen LogP contribution in [0.5, 0.6) is 0 Å². The van der Waals surface area contributed by atoms with Crippen LogP contribution >= 0.6 is 0 Å². The van der Waals surface area contributed by atoms with Crippen LogP contribution in [-0.4, -0.2) is 56.9 Å². The number of carboxylic acid groups (broad SMARTS) is 1. The summed E-state index contributed by atoms with van der Waals surface area (Å²) in [5, 5.41) is 11.4. The molecule has 0 rings (SSSR count). The number of rotatable bonds is 7. The van der Waals surface area contributed by atoms with Gasteiger partial charge in [0.25, 0.3) is 0 Å². The molecule has 0 spiro atoms. The van der Waals surface area contributed by atoms with E-state index in [1.54, 1.807) is 20.1 Å². The Morgan fingerprint density at radius 2 is 1.89 bits per heavy atom. The first-order valence-electron chi connectivity index (χ1n) is 5.84. The Balaban J connectivity index is 4.19. The van der Waals surface area contributed by atoms with E-state index in [2.05, 4.69) is 5.32 Å². The lowest BCUT2D eigenvalue weighted by Crippen LogP contribution is -2.47. The molecular formula is C11H22N2O4S. The second-order valence-corrected chi connectivity index (χ2v) is 6.25. The lowest BCUT2D eigenvalue weighted by molar-refractivity contribution is -0.138. The van der Waals surface area contributed by atoms with Gasteiger partial charge in [-0.15, -0.1) is 0 Å². The standard InChI is InChI=1S/C11H22N2O4S/c1-8(2)13(7-10(14)15)11(16)12-6-5-9(3)18(4)17/h8-9H,5-7H2,1-4H3,(H,12,16)(H,14,15). The smallest absolute Gasteiger partial charge is 0.323 e. The molecular weight excluding hydrogens is 256 g/mol. The van der Waals surface area contributed by atoms with E-state index in [0.717, 1.165) is 0 Å². The van der Waals surface area contributed by atoms with Crippen LogP contribution in [0, 0.1) is 0 Å². The molecule has 2 atom stereocenters. The van der Waals surface area contributed by atoms with Crippen molar-refractivity contribution in [1.82, 2.24) is 10.2 Å². The zero-order valence-corrected chi connectivity index (χ0v) is 12.1. The summed E-state index contributed by atoms with van der Waals surface area (Å²) >= 11 is 0. The van der Waals surface area contributed by atoms with Gasteiger partial charge in [0.15, 0.2) is 0 Å². The average Bonchev–Trinajstić information content (AvgIpc) is 2.24. The quantitative estimate of drug-likeness (QED) is 0.716. The molecule has 106 valence electrons. The summed E-state index contributed by atoms with van der Waals surface area (Å²) in [6.07, 6.45) is 2.23. The molecule has 0 saturated heterocycles. The van der Waals surface area contributed by atoms with Gasteiger partial charge in [-0.2, -0.15) is 0 Å². The van der Waals surface area contributed by atoms with Gasteiger partial charge in [0.05, 0.1) is 0 Å². The molecule has 0 fully saturated rings. The minimum absolute atomic E-state index is 0.0114. The number of hydrogen-bond donors (Lipinski definition) is 2. The summed E-state index contributed by atoms with van der Waals surface area (Å²) in [6.45, 7) is 5.43. The van der Waals surface area contributed by atoms with Gasteiger partial charge in [0, 0.05) is 34.9 Å². The lowest BCUT2D eigenvalue weighted by atomic mass is 10.3. The third kappa shape index (κ3) is 6.58. The van der Waals surface area contributed by atoms with Crippen molar-refractivity contribution in [3.63, 3.8) is 0 Å². The maximum atomic E-state index is 11.7. The molecule has 0 aromatic rings. The van der Waals surface area contributed by atoms with Crippen molar-refractivity contribution < 1.29 is 18.9 Å². The van der Waals surface area contributed by atoms with E-state index in [-0.39, 0.29) is 17.8 Å². The molecule has 6 nitrogen and oxygen atoms in total. The Morgan fingerprint density at radius 1 is 1.33 bits per heavy atom. The van der Waals surface area contributed by atoms with Crippen molar-refractivity contribution in [2.24, 2.45) is 0 Å². The van der Waals surface area contributed by atoms with E-state index in [9.17, 15) is 13.8 Å². The van der Waals surface area contributed by atoms with Crippen LogP contribution in [-0.2, 0) is 15.6 Å². The van der Waals surface area contributed by atoms with Crippen LogP contribution in [0.4, 0.5) is 4.79 Å². The Kier molecular flexibility index (Phi) is 7.58. The van der Waals surface area contributed by atoms with Crippen LogP contribution in [0.3, 0.4) is 0 Å². The largest absolute Gasteiger partial charge is 0.480 e. The number of hydrogen-bond acceptors (Lipinski definition) is 3. The third-order valence-corrected chi connectivity index (χ3v) is 3.95. The highest BCUT2D eigenvalue weighted by molar-refractivity contribution is 7.84. The summed E-state index contributed by atoms with van der Waals surface area (Å²) in [7, 11) is -0.913. The molecule has 0 aliphatic carbocycles. The Morgan fingerprint density at radius 3 is 2.28 bits per heavy atom. The SMILES string of the molecule is CC(C)N(CC(=O)O)C(=O)NCCC(C)S(C)=O. The van der Waals surface area contributed by atoms with E-state index in [4.69, 9.17) is 5.11 Å². The number of carbonyl (C=O) groups excluding carboxylic acids is 1. The van der Waals surface area contributed by atoms with Crippen LogP contribution in [0.1, 0.15) is 27.2 Å². The average molecular weight is 278 g/mol. The molecule has 2 unspecified atom stereocenters. The van der Waals surface area contributed by atoms with Crippen LogP contribution < -0.4 is 5.32 Å². The van der Waals surface area contributed by atoms with Crippen molar-refractivity contribution in [2.75, 3.05) is 19.3 Å². The minimum Gasteiger partial charge on any atom is -0.480 e. The number of amides is 2. The molecule has 0 saturated carbocycles. The molecule has 0 aromatic carbocycles. The fraction of sp³-hybridized carbons (Fsp3) is 0.818. The van der Waals surface area contributed by atoms with Crippen LogP contribution in [0.2, 0.25) is 0 Å². The maximum Gasteiger partial charge on any atom is 0.323 e. The summed E-state index contributed by atoms with van der Waals surface area (Å²) in [6, 6.07) is -0.583. The Bertz CT molecular complexity index is 320. The molecule has 0 heterocycles. The number of urea groups is 1. The minimum atomic E-state index is -1.04. The number of nitrogens with zero attached hydrogens (tertiary/aromatic N) is 1. The van der Waals surface area contributed by atoms with E-state index >= 15 is 0 Å². The van der Waals surface area contributed by atoms with Gasteiger partial charge in [-0.3, -0.25) is 9.00 Å². The van der Waals surface area contributed by atoms with E-state index in [1.807, 2.05) is 6.92 Å². The molecule has 0 aromatic heterocycles. The topological polar surface area (TPSA) is 86.7 Å². The second kappa shape index (κ2) is 8.07. The highest BCUT2D eigenvalue weighted by Crippen LogP contribution is 2.00. The van der Waals surface area contributed by atoms with Gasteiger partial charge >= 0.3 is 12.0 Å². The highest BCUT2D eigenvalue weighted by Gasteiger charge is 2.19. The van der Waals surface area contributed by atoms with Crippen molar-refractivity contribution in [1.29, 1.82) is 0 Å². The predicted molar refractivity (Wildman–Crippen MR) is 71.0 cm³/mol. The molecule has 2 N–H and O–H groups in total. The van der Waals surface area contributed by atoms with Crippen molar-refractivity contribution in [3.05, 3.63) is 0 Å². The summed E-state index contributed by atoms with van der Waals surface area (Å²) in [5.41, 5.74) is 0. The van der Waals surface area contributed by atoms with Gasteiger partial charge < -0.3 is 15.3 Å². The molecule has 7 heteroatoms. The molecule has 18 heavy (non-hydrogen) atoms. The molecule has 0 bridgehead atoms. The number of aliphatic carboxylic acids is 1. The monoisotopic (exact) mass is 278 g/mol.